The zero-order valence-corrected chi connectivity index (χ0v) is 27.2. The van der Waals surface area contributed by atoms with Gasteiger partial charge in [0.1, 0.15) is 0 Å². The van der Waals surface area contributed by atoms with Gasteiger partial charge in [-0.25, -0.2) is 0 Å². The van der Waals surface area contributed by atoms with Crippen molar-refractivity contribution in [1.29, 1.82) is 0 Å². The fraction of sp³-hybridized carbons (Fsp3) is 0.212. The van der Waals surface area contributed by atoms with Gasteiger partial charge in [-0.15, -0.1) is 0 Å². The molecule has 186 valence electrons. The summed E-state index contributed by atoms with van der Waals surface area (Å²) in [6.45, 7) is 9.17. The molecule has 1 atom stereocenters. The Morgan fingerprint density at radius 1 is 0.730 bits per heavy atom. The third-order valence-electron chi connectivity index (χ3n) is 8.19. The fourth-order valence-corrected chi connectivity index (χ4v) is 23.5. The van der Waals surface area contributed by atoms with E-state index in [4.69, 9.17) is 17.0 Å². The Hall–Kier alpha value is -1.70. The predicted molar refractivity (Wildman–Crippen MR) is 163 cm³/mol. The third kappa shape index (κ3) is 4.20. The topological polar surface area (TPSA) is 0 Å². The fourth-order valence-electron chi connectivity index (χ4n) is 6.43. The van der Waals surface area contributed by atoms with Gasteiger partial charge in [0, 0.05) is 0 Å². The van der Waals surface area contributed by atoms with Crippen molar-refractivity contribution in [2.75, 3.05) is 0 Å². The number of rotatable bonds is 5. The van der Waals surface area contributed by atoms with Crippen LogP contribution < -0.4 is 13.6 Å². The van der Waals surface area contributed by atoms with Gasteiger partial charge in [-0.2, -0.15) is 0 Å². The molecular weight excluding hydrogens is 587 g/mol. The van der Waals surface area contributed by atoms with Crippen molar-refractivity contribution in [3.8, 4) is 22.3 Å². The summed E-state index contributed by atoms with van der Waals surface area (Å²) in [4.78, 5) is 0. The number of hydrogen-bond acceptors (Lipinski definition) is 0. The van der Waals surface area contributed by atoms with Crippen LogP contribution in [0, 0.1) is 5.92 Å². The minimum absolute atomic E-state index is 0.112. The van der Waals surface area contributed by atoms with E-state index in [1.165, 1.54) is 58.2 Å². The molecule has 0 bridgehead atoms. The Balaban J connectivity index is 1.56. The van der Waals surface area contributed by atoms with E-state index in [9.17, 15) is 0 Å². The van der Waals surface area contributed by atoms with Gasteiger partial charge in [0.15, 0.2) is 0 Å². The molecule has 4 aromatic carbocycles. The molecule has 1 heterocycles. The van der Waals surface area contributed by atoms with E-state index in [2.05, 4.69) is 119 Å². The molecule has 0 saturated heterocycles. The molecule has 4 heteroatoms. The Kier molecular flexibility index (Phi) is 6.77. The molecule has 1 aliphatic carbocycles. The zero-order valence-electron chi connectivity index (χ0n) is 21.9. The van der Waals surface area contributed by atoms with Crippen LogP contribution in [0.4, 0.5) is 0 Å². The number of allylic oxidation sites excluding steroid dienone is 1. The molecule has 0 nitrogen and oxygen atoms in total. The standard InChI is InChI=1S/C21H23.C12H9Si.2ClH.Zr/c1-14(2)18-12-17-10-11-19(15(3)4)21(20(17)13-18)16-8-6-5-7-9-16;1-3-7-11-9(5-1)10-6-2-4-8-12(10)13-11;;;/h5-15H,1-4H3;1-7H,13H2;2*1H;/q;;;;+2/p-2. The first kappa shape index (κ1) is 25.6. The maximum atomic E-state index is 7.82. The predicted octanol–water partition coefficient (Wildman–Crippen LogP) is 7.46. The van der Waals surface area contributed by atoms with Crippen LogP contribution in [0.3, 0.4) is 0 Å². The van der Waals surface area contributed by atoms with E-state index in [1.54, 1.807) is 0 Å². The molecule has 0 saturated carbocycles. The Morgan fingerprint density at radius 2 is 1.43 bits per heavy atom. The van der Waals surface area contributed by atoms with Crippen LogP contribution in [-0.4, -0.2) is 9.52 Å². The molecule has 4 aromatic rings. The SMILES string of the molecule is CC(C)C1=Cc2c(ccc(C(C)C)c2-c2ccccc2)[CH]1[Zr]([Cl])([Cl])[c]1cccc2c1[SiH2]c1ccccc1-2. The summed E-state index contributed by atoms with van der Waals surface area (Å²) in [5.74, 6) is 0.806. The van der Waals surface area contributed by atoms with Crippen LogP contribution in [0.2, 0.25) is 0 Å². The number of halogens is 2. The van der Waals surface area contributed by atoms with Gasteiger partial charge < -0.3 is 0 Å². The molecule has 0 N–H and O–H groups in total. The molecule has 0 amide bonds. The molecule has 1 aliphatic heterocycles. The monoisotopic (exact) mass is 616 g/mol. The van der Waals surface area contributed by atoms with Gasteiger partial charge in [0.25, 0.3) is 0 Å². The van der Waals surface area contributed by atoms with Gasteiger partial charge in [-0.1, -0.05) is 0 Å². The first-order valence-corrected chi connectivity index (χ1v) is 23.7. The van der Waals surface area contributed by atoms with Gasteiger partial charge in [-0.05, 0) is 0 Å². The van der Waals surface area contributed by atoms with Gasteiger partial charge in [0.2, 0.25) is 0 Å². The van der Waals surface area contributed by atoms with Gasteiger partial charge in [0.05, 0.1) is 0 Å². The summed E-state index contributed by atoms with van der Waals surface area (Å²) in [6.07, 6.45) is 2.45. The Labute approximate surface area is 235 Å². The summed E-state index contributed by atoms with van der Waals surface area (Å²) in [7, 11) is 15.0. The van der Waals surface area contributed by atoms with Crippen molar-refractivity contribution < 1.29 is 17.9 Å². The second-order valence-electron chi connectivity index (χ2n) is 11.1. The second kappa shape index (κ2) is 9.80. The van der Waals surface area contributed by atoms with E-state index in [0.29, 0.717) is 11.8 Å². The average molecular weight is 619 g/mol. The first-order chi connectivity index (χ1) is 17.8. The summed E-state index contributed by atoms with van der Waals surface area (Å²) in [5.41, 5.74) is 10.9. The van der Waals surface area contributed by atoms with Gasteiger partial charge in [-0.3, -0.25) is 0 Å². The van der Waals surface area contributed by atoms with E-state index in [-0.39, 0.29) is 3.63 Å². The number of fused-ring (bicyclic) bond motifs is 4. The van der Waals surface area contributed by atoms with E-state index in [1.807, 2.05) is 0 Å². The molecule has 2 aliphatic rings. The van der Waals surface area contributed by atoms with Crippen molar-refractivity contribution in [1.82, 2.24) is 0 Å². The summed E-state index contributed by atoms with van der Waals surface area (Å²) < 4.78 is 1.41. The van der Waals surface area contributed by atoms with Crippen LogP contribution in [0.1, 0.15) is 53.9 Å². The van der Waals surface area contributed by atoms with Crippen molar-refractivity contribution in [3.63, 3.8) is 0 Å². The molecule has 0 aromatic heterocycles. The normalized spacial score (nSPS) is 16.8. The summed E-state index contributed by atoms with van der Waals surface area (Å²) in [6, 6.07) is 31.1. The molecule has 0 fully saturated rings. The first-order valence-electron chi connectivity index (χ1n) is 13.3. The quantitative estimate of drug-likeness (QED) is 0.180. The average Bonchev–Trinajstić information content (AvgIpc) is 3.48. The molecule has 0 radical (unpaired) electrons. The maximum absolute atomic E-state index is 7.82. The van der Waals surface area contributed by atoms with Crippen molar-refractivity contribution >= 4 is 46.3 Å². The van der Waals surface area contributed by atoms with E-state index < -0.39 is 27.4 Å². The third-order valence-corrected chi connectivity index (χ3v) is 22.4. The summed E-state index contributed by atoms with van der Waals surface area (Å²) in [5, 5.41) is 3.00. The van der Waals surface area contributed by atoms with Crippen molar-refractivity contribution in [3.05, 3.63) is 107 Å². The molecule has 37 heavy (non-hydrogen) atoms. The van der Waals surface area contributed by atoms with Crippen LogP contribution in [0.15, 0.2) is 90.5 Å². The van der Waals surface area contributed by atoms with Crippen LogP contribution in [-0.2, 0) is 17.9 Å². The van der Waals surface area contributed by atoms with E-state index >= 15 is 0 Å². The molecular formula is C33H32Cl2SiZr. The van der Waals surface area contributed by atoms with Crippen molar-refractivity contribution in [2.45, 2.75) is 37.2 Å². The second-order valence-corrected chi connectivity index (χ2v) is 26.9. The van der Waals surface area contributed by atoms with Crippen LogP contribution >= 0.6 is 17.0 Å². The minimum atomic E-state index is -3.96. The van der Waals surface area contributed by atoms with Gasteiger partial charge >= 0.3 is 237 Å². The number of hydrogen-bond donors (Lipinski definition) is 0. The molecule has 0 spiro atoms. The zero-order chi connectivity index (χ0) is 25.9. The Bertz CT molecular complexity index is 1540. The molecule has 6 rings (SSSR count). The van der Waals surface area contributed by atoms with Crippen LogP contribution in [0.25, 0.3) is 28.3 Å². The molecule has 1 unspecified atom stereocenters. The Morgan fingerprint density at radius 3 is 2.16 bits per heavy atom. The van der Waals surface area contributed by atoms with Crippen molar-refractivity contribution in [2.24, 2.45) is 5.92 Å². The van der Waals surface area contributed by atoms with E-state index in [0.717, 1.165) is 0 Å². The number of benzene rings is 4. The van der Waals surface area contributed by atoms with Crippen LogP contribution in [0.5, 0.6) is 0 Å². The summed E-state index contributed by atoms with van der Waals surface area (Å²) >= 11 is -3.96.